The molecule has 0 aromatic carbocycles. The molecule has 3 rings (SSSR count). The van der Waals surface area contributed by atoms with Gasteiger partial charge in [0.25, 0.3) is 0 Å². The lowest BCUT2D eigenvalue weighted by molar-refractivity contribution is 0.0684. The average Bonchev–Trinajstić information content (AvgIpc) is 3.07. The van der Waals surface area contributed by atoms with Gasteiger partial charge in [-0.1, -0.05) is 0 Å². The predicted octanol–water partition coefficient (Wildman–Crippen LogP) is 1.91. The number of carboxylic acids is 2. The number of aromatic carboxylic acids is 2. The number of aromatic nitrogens is 2. The van der Waals surface area contributed by atoms with Gasteiger partial charge in [0.2, 0.25) is 0 Å². The number of imidazole rings is 1. The molecule has 0 aliphatic heterocycles. The van der Waals surface area contributed by atoms with E-state index in [0.29, 0.717) is 17.1 Å². The lowest BCUT2D eigenvalue weighted by Crippen LogP contribution is -2.01. The Balaban J connectivity index is 2.19. The highest BCUT2D eigenvalue weighted by atomic mass is 16.4. The Morgan fingerprint density at radius 2 is 2.00 bits per heavy atom. The van der Waals surface area contributed by atoms with Crippen LogP contribution in [0.25, 0.3) is 5.52 Å². The first-order valence-electron chi connectivity index (χ1n) is 6.06. The van der Waals surface area contributed by atoms with Crippen LogP contribution in [0.2, 0.25) is 0 Å². The largest absolute Gasteiger partial charge is 0.478 e. The van der Waals surface area contributed by atoms with Gasteiger partial charge in [0, 0.05) is 6.20 Å². The maximum atomic E-state index is 11.2. The molecule has 0 fully saturated rings. The van der Waals surface area contributed by atoms with E-state index in [9.17, 15) is 14.7 Å². The first kappa shape index (κ1) is 12.9. The molecule has 0 radical (unpaired) electrons. The predicted molar refractivity (Wildman–Crippen MR) is 70.6 cm³/mol. The molecular weight excluding hydrogens is 276 g/mol. The van der Waals surface area contributed by atoms with Gasteiger partial charge < -0.3 is 19.0 Å². The van der Waals surface area contributed by atoms with Crippen LogP contribution in [-0.4, -0.2) is 31.5 Å². The molecule has 0 bridgehead atoms. The topological polar surface area (TPSA) is 105 Å². The van der Waals surface area contributed by atoms with E-state index in [0.717, 1.165) is 0 Å². The highest BCUT2D eigenvalue weighted by molar-refractivity contribution is 5.95. The zero-order valence-electron chi connectivity index (χ0n) is 10.7. The fraction of sp³-hybridized carbons (Fsp3) is 0.0714. The van der Waals surface area contributed by atoms with Crippen molar-refractivity contribution >= 4 is 17.5 Å². The number of furan rings is 1. The van der Waals surface area contributed by atoms with E-state index in [1.165, 1.54) is 29.0 Å². The summed E-state index contributed by atoms with van der Waals surface area (Å²) in [6, 6.07) is 6.24. The van der Waals surface area contributed by atoms with E-state index in [2.05, 4.69) is 4.98 Å². The second kappa shape index (κ2) is 4.78. The van der Waals surface area contributed by atoms with Crippen molar-refractivity contribution in [1.82, 2.24) is 9.38 Å². The number of hydrogen-bond acceptors (Lipinski definition) is 4. The fourth-order valence-electron chi connectivity index (χ4n) is 2.13. The van der Waals surface area contributed by atoms with Gasteiger partial charge >= 0.3 is 11.9 Å². The lowest BCUT2D eigenvalue weighted by Gasteiger charge is -2.01. The second-order valence-corrected chi connectivity index (χ2v) is 4.42. The van der Waals surface area contributed by atoms with Gasteiger partial charge in [-0.2, -0.15) is 0 Å². The molecule has 0 saturated carbocycles. The highest BCUT2D eigenvalue weighted by Crippen LogP contribution is 2.18. The summed E-state index contributed by atoms with van der Waals surface area (Å²) in [5, 5.41) is 18.2. The molecular formula is C14H10N2O5. The quantitative estimate of drug-likeness (QED) is 0.759. The Bertz CT molecular complexity index is 833. The van der Waals surface area contributed by atoms with Crippen molar-refractivity contribution in [1.29, 1.82) is 0 Å². The Morgan fingerprint density at radius 1 is 1.19 bits per heavy atom. The molecule has 0 saturated heterocycles. The van der Waals surface area contributed by atoms with Crippen LogP contribution in [-0.2, 0) is 6.42 Å². The Morgan fingerprint density at radius 3 is 2.62 bits per heavy atom. The van der Waals surface area contributed by atoms with Crippen LogP contribution >= 0.6 is 0 Å². The Kier molecular flexibility index (Phi) is 2.94. The zero-order valence-corrected chi connectivity index (χ0v) is 10.7. The van der Waals surface area contributed by atoms with Crippen LogP contribution in [0, 0.1) is 0 Å². The van der Waals surface area contributed by atoms with E-state index in [1.807, 2.05) is 0 Å². The standard InChI is InChI=1S/C14H10N2O5/c17-13(18)8-3-4-10-12(14(19)20)15-11(16(10)7-8)6-9-2-1-5-21-9/h1-5,7H,6H2,(H,17,18)(H,19,20). The van der Waals surface area contributed by atoms with Crippen LogP contribution in [0.1, 0.15) is 32.4 Å². The van der Waals surface area contributed by atoms with Gasteiger partial charge in [-0.05, 0) is 24.3 Å². The van der Waals surface area contributed by atoms with E-state index in [-0.39, 0.29) is 17.7 Å². The molecule has 106 valence electrons. The monoisotopic (exact) mass is 286 g/mol. The van der Waals surface area contributed by atoms with Crippen LogP contribution in [0.4, 0.5) is 0 Å². The van der Waals surface area contributed by atoms with Crippen molar-refractivity contribution < 1.29 is 24.2 Å². The third-order valence-electron chi connectivity index (χ3n) is 3.07. The molecule has 0 aliphatic carbocycles. The molecule has 0 aliphatic rings. The van der Waals surface area contributed by atoms with Gasteiger partial charge in [-0.25, -0.2) is 14.6 Å². The van der Waals surface area contributed by atoms with Crippen molar-refractivity contribution in [3.63, 3.8) is 0 Å². The lowest BCUT2D eigenvalue weighted by atomic mass is 10.2. The molecule has 0 spiro atoms. The van der Waals surface area contributed by atoms with E-state index >= 15 is 0 Å². The van der Waals surface area contributed by atoms with Crippen molar-refractivity contribution in [3.05, 3.63) is 59.6 Å². The Hall–Kier alpha value is -3.09. The van der Waals surface area contributed by atoms with Crippen LogP contribution in [0.15, 0.2) is 41.1 Å². The molecule has 3 heterocycles. The summed E-state index contributed by atoms with van der Waals surface area (Å²) in [6.07, 6.45) is 3.13. The third-order valence-corrected chi connectivity index (χ3v) is 3.07. The van der Waals surface area contributed by atoms with Gasteiger partial charge in [0.1, 0.15) is 11.6 Å². The van der Waals surface area contributed by atoms with Crippen LogP contribution in [0.3, 0.4) is 0 Å². The SMILES string of the molecule is O=C(O)c1ccc2c(C(=O)O)nc(Cc3ccco3)n2c1. The van der Waals surface area contributed by atoms with E-state index < -0.39 is 11.9 Å². The summed E-state index contributed by atoms with van der Waals surface area (Å²) in [6.45, 7) is 0. The maximum Gasteiger partial charge on any atom is 0.356 e. The summed E-state index contributed by atoms with van der Waals surface area (Å²) in [5.74, 6) is -1.24. The summed E-state index contributed by atoms with van der Waals surface area (Å²) in [5.41, 5.74) is 0.278. The number of carboxylic acid groups (broad SMARTS) is 2. The minimum Gasteiger partial charge on any atom is -0.478 e. The van der Waals surface area contributed by atoms with Crippen LogP contribution < -0.4 is 0 Å². The highest BCUT2D eigenvalue weighted by Gasteiger charge is 2.18. The first-order chi connectivity index (χ1) is 10.1. The number of rotatable bonds is 4. The third kappa shape index (κ3) is 2.25. The van der Waals surface area contributed by atoms with Gasteiger partial charge in [-0.15, -0.1) is 0 Å². The fourth-order valence-corrected chi connectivity index (χ4v) is 2.13. The number of pyridine rings is 1. The molecule has 7 nitrogen and oxygen atoms in total. The number of carbonyl (C=O) groups is 2. The van der Waals surface area contributed by atoms with Crippen molar-refractivity contribution in [2.75, 3.05) is 0 Å². The second-order valence-electron chi connectivity index (χ2n) is 4.42. The molecule has 0 atom stereocenters. The molecule has 21 heavy (non-hydrogen) atoms. The van der Waals surface area contributed by atoms with Crippen molar-refractivity contribution in [3.8, 4) is 0 Å². The summed E-state index contributed by atoms with van der Waals surface area (Å²) >= 11 is 0. The van der Waals surface area contributed by atoms with Gasteiger partial charge in [-0.3, -0.25) is 0 Å². The molecule has 0 amide bonds. The zero-order chi connectivity index (χ0) is 15.0. The Labute approximate surface area is 118 Å². The van der Waals surface area contributed by atoms with Gasteiger partial charge in [0.05, 0.1) is 23.8 Å². The van der Waals surface area contributed by atoms with Crippen molar-refractivity contribution in [2.45, 2.75) is 6.42 Å². The molecule has 3 aromatic rings. The van der Waals surface area contributed by atoms with Gasteiger partial charge in [0.15, 0.2) is 5.69 Å². The number of hydrogen-bond donors (Lipinski definition) is 2. The maximum absolute atomic E-state index is 11.2. The molecule has 2 N–H and O–H groups in total. The van der Waals surface area contributed by atoms with Crippen LogP contribution in [0.5, 0.6) is 0 Å². The van der Waals surface area contributed by atoms with Crippen molar-refractivity contribution in [2.24, 2.45) is 0 Å². The smallest absolute Gasteiger partial charge is 0.356 e. The first-order valence-corrected chi connectivity index (χ1v) is 6.06. The minimum absolute atomic E-state index is 0.0533. The van der Waals surface area contributed by atoms with E-state index in [4.69, 9.17) is 9.52 Å². The normalized spacial score (nSPS) is 10.9. The minimum atomic E-state index is -1.17. The summed E-state index contributed by atoms with van der Waals surface area (Å²) in [7, 11) is 0. The summed E-state index contributed by atoms with van der Waals surface area (Å²) < 4.78 is 6.68. The molecule has 3 aromatic heterocycles. The molecule has 7 heteroatoms. The average molecular weight is 286 g/mol. The summed E-state index contributed by atoms with van der Waals surface area (Å²) in [4.78, 5) is 26.4. The van der Waals surface area contributed by atoms with E-state index in [1.54, 1.807) is 12.1 Å². The number of nitrogens with zero attached hydrogens (tertiary/aromatic N) is 2. The molecule has 0 unspecified atom stereocenters. The number of fused-ring (bicyclic) bond motifs is 1.